The van der Waals surface area contributed by atoms with Crippen LogP contribution in [0.1, 0.15) is 12.5 Å². The van der Waals surface area contributed by atoms with Crippen LogP contribution in [0.5, 0.6) is 0 Å². The van der Waals surface area contributed by atoms with Crippen molar-refractivity contribution in [2.75, 3.05) is 0 Å². The first-order valence-electron chi connectivity index (χ1n) is 7.36. The van der Waals surface area contributed by atoms with Crippen LogP contribution in [0.15, 0.2) is 66.7 Å². The Morgan fingerprint density at radius 2 is 1.62 bits per heavy atom. The molecule has 0 aliphatic heterocycles. The fraction of sp³-hybridized carbons (Fsp3) is 0.100. The Bertz CT molecular complexity index is 917. The predicted molar refractivity (Wildman–Crippen MR) is 94.1 cm³/mol. The number of hydrogen-bond donors (Lipinski definition) is 0. The van der Waals surface area contributed by atoms with Crippen LogP contribution in [-0.2, 0) is 6.42 Å². The summed E-state index contributed by atoms with van der Waals surface area (Å²) in [6.45, 7) is 2.23. The second-order valence-corrected chi connectivity index (χ2v) is 6.38. The maximum absolute atomic E-state index is 2.34. The molecule has 0 amide bonds. The van der Waals surface area contributed by atoms with Crippen molar-refractivity contribution in [1.82, 2.24) is 0 Å². The smallest absolute Gasteiger partial charge is 0.0387 e. The molecule has 0 unspecified atom stereocenters. The molecule has 0 bridgehead atoms. The van der Waals surface area contributed by atoms with Crippen LogP contribution < -0.4 is 0 Å². The van der Waals surface area contributed by atoms with Crippen molar-refractivity contribution >= 4 is 31.5 Å². The van der Waals surface area contributed by atoms with Crippen molar-refractivity contribution in [2.24, 2.45) is 0 Å². The van der Waals surface area contributed by atoms with E-state index >= 15 is 0 Å². The summed E-state index contributed by atoms with van der Waals surface area (Å²) in [5.41, 5.74) is 4.03. The summed E-state index contributed by atoms with van der Waals surface area (Å²) in [4.78, 5) is 0. The molecule has 0 aliphatic carbocycles. The third-order valence-corrected chi connectivity index (χ3v) is 5.33. The molecular formula is C20H16S. The minimum Gasteiger partial charge on any atom is -0.135 e. The molecule has 21 heavy (non-hydrogen) atoms. The second-order valence-electron chi connectivity index (χ2n) is 5.33. The largest absolute Gasteiger partial charge is 0.135 e. The maximum Gasteiger partial charge on any atom is 0.0387 e. The van der Waals surface area contributed by atoms with E-state index in [9.17, 15) is 0 Å². The normalized spacial score (nSPS) is 11.3. The van der Waals surface area contributed by atoms with Gasteiger partial charge in [0.2, 0.25) is 0 Å². The van der Waals surface area contributed by atoms with Gasteiger partial charge in [-0.3, -0.25) is 0 Å². The number of thiophene rings is 1. The Hall–Kier alpha value is -2.12. The van der Waals surface area contributed by atoms with Crippen LogP contribution in [0, 0.1) is 0 Å². The fourth-order valence-electron chi connectivity index (χ4n) is 2.95. The summed E-state index contributed by atoms with van der Waals surface area (Å²) in [5.74, 6) is 0. The molecule has 0 atom stereocenters. The van der Waals surface area contributed by atoms with Crippen LogP contribution in [0.2, 0.25) is 0 Å². The summed E-state index contributed by atoms with van der Waals surface area (Å²) in [6.07, 6.45) is 1.09. The molecule has 3 aromatic carbocycles. The molecule has 4 rings (SSSR count). The van der Waals surface area contributed by atoms with E-state index in [4.69, 9.17) is 0 Å². The first-order chi connectivity index (χ1) is 10.4. The molecule has 4 aromatic rings. The molecule has 0 spiro atoms. The summed E-state index contributed by atoms with van der Waals surface area (Å²) in [5, 5.41) is 2.78. The maximum atomic E-state index is 2.34. The highest BCUT2D eigenvalue weighted by molar-refractivity contribution is 7.26. The summed E-state index contributed by atoms with van der Waals surface area (Å²) in [7, 11) is 0. The van der Waals surface area contributed by atoms with Crippen molar-refractivity contribution in [3.63, 3.8) is 0 Å². The van der Waals surface area contributed by atoms with Gasteiger partial charge in [0.05, 0.1) is 0 Å². The van der Waals surface area contributed by atoms with Gasteiger partial charge in [-0.25, -0.2) is 0 Å². The van der Waals surface area contributed by atoms with Crippen molar-refractivity contribution < 1.29 is 0 Å². The lowest BCUT2D eigenvalue weighted by Crippen LogP contribution is -1.78. The molecule has 0 radical (unpaired) electrons. The lowest BCUT2D eigenvalue weighted by atomic mass is 10.0. The van der Waals surface area contributed by atoms with E-state index in [2.05, 4.69) is 73.7 Å². The van der Waals surface area contributed by atoms with Crippen molar-refractivity contribution in [3.05, 3.63) is 72.3 Å². The molecule has 1 heterocycles. The lowest BCUT2D eigenvalue weighted by molar-refractivity contribution is 1.16. The van der Waals surface area contributed by atoms with Crippen LogP contribution in [0.3, 0.4) is 0 Å². The average molecular weight is 288 g/mol. The van der Waals surface area contributed by atoms with Gasteiger partial charge >= 0.3 is 0 Å². The van der Waals surface area contributed by atoms with Gasteiger partial charge in [-0.15, -0.1) is 11.3 Å². The minimum absolute atomic E-state index is 1.09. The first kappa shape index (κ1) is 12.6. The van der Waals surface area contributed by atoms with E-state index < -0.39 is 0 Å². The summed E-state index contributed by atoms with van der Waals surface area (Å²) >= 11 is 1.92. The molecular weight excluding hydrogens is 272 g/mol. The number of rotatable bonds is 2. The molecule has 0 fully saturated rings. The van der Waals surface area contributed by atoms with Crippen LogP contribution >= 0.6 is 11.3 Å². The lowest BCUT2D eigenvalue weighted by Gasteiger charge is -2.02. The zero-order valence-electron chi connectivity index (χ0n) is 12.0. The summed E-state index contributed by atoms with van der Waals surface area (Å²) in [6, 6.07) is 24.1. The van der Waals surface area contributed by atoms with E-state index in [1.54, 1.807) is 0 Å². The van der Waals surface area contributed by atoms with Gasteiger partial charge < -0.3 is 0 Å². The Morgan fingerprint density at radius 1 is 0.762 bits per heavy atom. The third-order valence-electron chi connectivity index (χ3n) is 4.07. The van der Waals surface area contributed by atoms with E-state index in [0.717, 1.165) is 6.42 Å². The highest BCUT2D eigenvalue weighted by Crippen LogP contribution is 2.38. The molecule has 0 saturated heterocycles. The Labute approximate surface area is 128 Å². The topological polar surface area (TPSA) is 0 Å². The van der Waals surface area contributed by atoms with Crippen molar-refractivity contribution in [3.8, 4) is 11.1 Å². The molecule has 0 N–H and O–H groups in total. The van der Waals surface area contributed by atoms with E-state index in [1.807, 2.05) is 11.3 Å². The highest BCUT2D eigenvalue weighted by atomic mass is 32.1. The Kier molecular flexibility index (Phi) is 3.01. The zero-order chi connectivity index (χ0) is 14.2. The first-order valence-corrected chi connectivity index (χ1v) is 8.18. The van der Waals surface area contributed by atoms with Gasteiger partial charge in [0, 0.05) is 20.2 Å². The van der Waals surface area contributed by atoms with Gasteiger partial charge in [0.25, 0.3) is 0 Å². The van der Waals surface area contributed by atoms with Gasteiger partial charge in [-0.2, -0.15) is 0 Å². The standard InChI is InChI=1S/C20H16S/c1-2-14-9-6-10-17-18-13-16(15-7-4-3-5-8-15)11-12-19(18)21-20(14)17/h3-13H,2H2,1H3. The molecule has 0 aliphatic rings. The number of benzene rings is 3. The van der Waals surface area contributed by atoms with Gasteiger partial charge in [-0.1, -0.05) is 61.5 Å². The van der Waals surface area contributed by atoms with E-state index in [-0.39, 0.29) is 0 Å². The third kappa shape index (κ3) is 2.05. The van der Waals surface area contributed by atoms with Gasteiger partial charge in [0.15, 0.2) is 0 Å². The number of hydrogen-bond acceptors (Lipinski definition) is 1. The Morgan fingerprint density at radius 3 is 2.43 bits per heavy atom. The molecule has 1 heteroatoms. The number of fused-ring (bicyclic) bond motifs is 3. The SMILES string of the molecule is CCc1cccc2c1sc1ccc(-c3ccccc3)cc12. The quantitative estimate of drug-likeness (QED) is 0.407. The zero-order valence-corrected chi connectivity index (χ0v) is 12.8. The van der Waals surface area contributed by atoms with Crippen LogP contribution in [0.25, 0.3) is 31.3 Å². The molecule has 1 aromatic heterocycles. The predicted octanol–water partition coefficient (Wildman–Crippen LogP) is 6.28. The van der Waals surface area contributed by atoms with E-state index in [0.29, 0.717) is 0 Å². The van der Waals surface area contributed by atoms with Crippen molar-refractivity contribution in [2.45, 2.75) is 13.3 Å². The fourth-order valence-corrected chi connectivity index (χ4v) is 4.21. The highest BCUT2D eigenvalue weighted by Gasteiger charge is 2.09. The Balaban J connectivity index is 2.01. The monoisotopic (exact) mass is 288 g/mol. The van der Waals surface area contributed by atoms with Gasteiger partial charge in [0.1, 0.15) is 0 Å². The van der Waals surface area contributed by atoms with Crippen LogP contribution in [0.4, 0.5) is 0 Å². The van der Waals surface area contributed by atoms with Crippen molar-refractivity contribution in [1.29, 1.82) is 0 Å². The summed E-state index contributed by atoms with van der Waals surface area (Å²) < 4.78 is 2.82. The minimum atomic E-state index is 1.09. The van der Waals surface area contributed by atoms with Crippen LogP contribution in [-0.4, -0.2) is 0 Å². The molecule has 0 nitrogen and oxygen atoms in total. The number of aryl methyl sites for hydroxylation is 1. The molecule has 102 valence electrons. The second kappa shape index (κ2) is 5.01. The molecule has 0 saturated carbocycles. The average Bonchev–Trinajstić information content (AvgIpc) is 2.93. The van der Waals surface area contributed by atoms with Gasteiger partial charge in [-0.05, 0) is 35.2 Å². The van der Waals surface area contributed by atoms with E-state index in [1.165, 1.54) is 36.9 Å².